The lowest BCUT2D eigenvalue weighted by molar-refractivity contribution is -0.133. The predicted octanol–water partition coefficient (Wildman–Crippen LogP) is 3.18. The number of carbonyl (C=O) groups excluding carboxylic acids is 1. The molecule has 1 aliphatic heterocycles. The molecule has 2 aromatic carbocycles. The Hall–Kier alpha value is -2.33. The fourth-order valence-corrected chi connectivity index (χ4v) is 3.34. The van der Waals surface area contributed by atoms with Gasteiger partial charge in [-0.05, 0) is 37.7 Å². The Kier molecular flexibility index (Phi) is 5.71. The fourth-order valence-electron chi connectivity index (χ4n) is 3.34. The molecule has 4 heteroatoms. The summed E-state index contributed by atoms with van der Waals surface area (Å²) in [6.45, 7) is 3.12. The average Bonchev–Trinajstić information content (AvgIpc) is 2.65. The summed E-state index contributed by atoms with van der Waals surface area (Å²) in [6.07, 6.45) is 0.850. The van der Waals surface area contributed by atoms with E-state index < -0.39 is 0 Å². The molecule has 0 radical (unpaired) electrons. The van der Waals surface area contributed by atoms with Gasteiger partial charge in [-0.1, -0.05) is 48.5 Å². The van der Waals surface area contributed by atoms with Crippen molar-refractivity contribution in [2.75, 3.05) is 39.0 Å². The van der Waals surface area contributed by atoms with E-state index in [1.165, 1.54) is 5.56 Å². The van der Waals surface area contributed by atoms with Crippen molar-refractivity contribution in [3.8, 4) is 0 Å². The highest BCUT2D eigenvalue weighted by Crippen LogP contribution is 2.33. The van der Waals surface area contributed by atoms with Gasteiger partial charge in [0, 0.05) is 31.9 Å². The molecule has 25 heavy (non-hydrogen) atoms. The topological polar surface area (TPSA) is 35.6 Å². The largest absolute Gasteiger partial charge is 0.385 e. The Morgan fingerprint density at radius 1 is 1.04 bits per heavy atom. The van der Waals surface area contributed by atoms with Gasteiger partial charge in [-0.15, -0.1) is 0 Å². The fraction of sp³-hybridized carbons (Fsp3) is 0.381. The van der Waals surface area contributed by atoms with Gasteiger partial charge < -0.3 is 15.1 Å². The zero-order chi connectivity index (χ0) is 17.6. The number of nitrogens with zero attached hydrogens (tertiary/aromatic N) is 2. The van der Waals surface area contributed by atoms with Gasteiger partial charge >= 0.3 is 0 Å². The van der Waals surface area contributed by atoms with E-state index in [-0.39, 0.29) is 11.8 Å². The summed E-state index contributed by atoms with van der Waals surface area (Å²) in [4.78, 5) is 17.5. The zero-order valence-electron chi connectivity index (χ0n) is 15.1. The van der Waals surface area contributed by atoms with Crippen LogP contribution in [0.3, 0.4) is 0 Å². The molecule has 2 aromatic rings. The van der Waals surface area contributed by atoms with Crippen molar-refractivity contribution in [1.29, 1.82) is 0 Å². The molecule has 4 nitrogen and oxygen atoms in total. The molecule has 0 fully saturated rings. The van der Waals surface area contributed by atoms with Crippen molar-refractivity contribution in [3.05, 3.63) is 65.7 Å². The molecule has 1 aliphatic rings. The van der Waals surface area contributed by atoms with Crippen LogP contribution < -0.4 is 5.32 Å². The standard InChI is InChI=1S/C21H27N3O/c1-23(2)14-15-24(16-17-8-4-3-5-9-17)21(25)19-12-13-22-20-11-7-6-10-18(19)20/h3-11,19,22H,12-16H2,1-2H3. The zero-order valence-corrected chi connectivity index (χ0v) is 15.1. The van der Waals surface area contributed by atoms with Gasteiger partial charge in [0.25, 0.3) is 0 Å². The summed E-state index contributed by atoms with van der Waals surface area (Å²) in [7, 11) is 4.09. The SMILES string of the molecule is CN(C)CCN(Cc1ccccc1)C(=O)C1CCNc2ccccc21. The number of hydrogen-bond donors (Lipinski definition) is 1. The third-order valence-corrected chi connectivity index (χ3v) is 4.73. The van der Waals surface area contributed by atoms with Gasteiger partial charge in [0.1, 0.15) is 0 Å². The number of amides is 1. The van der Waals surface area contributed by atoms with E-state index in [1.54, 1.807) is 0 Å². The van der Waals surface area contributed by atoms with Crippen molar-refractivity contribution >= 4 is 11.6 Å². The molecular weight excluding hydrogens is 310 g/mol. The number of hydrogen-bond acceptors (Lipinski definition) is 3. The molecule has 0 saturated heterocycles. The van der Waals surface area contributed by atoms with E-state index in [1.807, 2.05) is 49.3 Å². The molecule has 0 spiro atoms. The molecular formula is C21H27N3O. The minimum Gasteiger partial charge on any atom is -0.385 e. The molecule has 1 amide bonds. The van der Waals surface area contributed by atoms with Gasteiger partial charge in [-0.2, -0.15) is 0 Å². The van der Waals surface area contributed by atoms with E-state index in [2.05, 4.69) is 34.5 Å². The van der Waals surface area contributed by atoms with E-state index in [0.29, 0.717) is 6.54 Å². The van der Waals surface area contributed by atoms with Crippen molar-refractivity contribution in [3.63, 3.8) is 0 Å². The first kappa shape index (κ1) is 17.5. The van der Waals surface area contributed by atoms with E-state index in [4.69, 9.17) is 0 Å². The highest BCUT2D eigenvalue weighted by molar-refractivity contribution is 5.86. The number of carbonyl (C=O) groups is 1. The summed E-state index contributed by atoms with van der Waals surface area (Å²) in [5.41, 5.74) is 3.40. The van der Waals surface area contributed by atoms with Crippen LogP contribution in [0.25, 0.3) is 0 Å². The van der Waals surface area contributed by atoms with Crippen LogP contribution in [-0.4, -0.2) is 49.4 Å². The monoisotopic (exact) mass is 337 g/mol. The van der Waals surface area contributed by atoms with E-state index >= 15 is 0 Å². The second-order valence-corrected chi connectivity index (χ2v) is 6.90. The first-order valence-electron chi connectivity index (χ1n) is 8.95. The number of fused-ring (bicyclic) bond motifs is 1. The van der Waals surface area contributed by atoms with Gasteiger partial charge in [0.05, 0.1) is 5.92 Å². The van der Waals surface area contributed by atoms with Crippen molar-refractivity contribution in [2.45, 2.75) is 18.9 Å². The first-order valence-corrected chi connectivity index (χ1v) is 8.95. The molecule has 0 bridgehead atoms. The van der Waals surface area contributed by atoms with Crippen LogP contribution in [0.5, 0.6) is 0 Å². The minimum atomic E-state index is -0.0525. The van der Waals surface area contributed by atoms with Crippen LogP contribution in [0.2, 0.25) is 0 Å². The lowest BCUT2D eigenvalue weighted by Gasteiger charge is -2.32. The predicted molar refractivity (Wildman–Crippen MR) is 103 cm³/mol. The van der Waals surface area contributed by atoms with E-state index in [9.17, 15) is 4.79 Å². The molecule has 0 aliphatic carbocycles. The maximum Gasteiger partial charge on any atom is 0.230 e. The second-order valence-electron chi connectivity index (χ2n) is 6.90. The van der Waals surface area contributed by atoms with Gasteiger partial charge in [0.15, 0.2) is 0 Å². The van der Waals surface area contributed by atoms with Gasteiger partial charge in [0.2, 0.25) is 5.91 Å². The van der Waals surface area contributed by atoms with Gasteiger partial charge in [-0.25, -0.2) is 0 Å². The molecule has 3 rings (SSSR count). The molecule has 1 N–H and O–H groups in total. The van der Waals surface area contributed by atoms with E-state index in [0.717, 1.165) is 37.3 Å². The molecule has 132 valence electrons. The third-order valence-electron chi connectivity index (χ3n) is 4.73. The highest BCUT2D eigenvalue weighted by Gasteiger charge is 2.29. The molecule has 0 saturated carbocycles. The maximum absolute atomic E-state index is 13.4. The van der Waals surface area contributed by atoms with Crippen LogP contribution >= 0.6 is 0 Å². The third kappa shape index (κ3) is 4.40. The Balaban J connectivity index is 1.81. The smallest absolute Gasteiger partial charge is 0.230 e. The van der Waals surface area contributed by atoms with Crippen LogP contribution in [0, 0.1) is 0 Å². The Morgan fingerprint density at radius 2 is 1.76 bits per heavy atom. The lowest BCUT2D eigenvalue weighted by atomic mass is 9.89. The Labute approximate surface area is 150 Å². The summed E-state index contributed by atoms with van der Waals surface area (Å²) >= 11 is 0. The van der Waals surface area contributed by atoms with Crippen molar-refractivity contribution < 1.29 is 4.79 Å². The summed E-state index contributed by atoms with van der Waals surface area (Å²) in [5.74, 6) is 0.183. The van der Waals surface area contributed by atoms with Gasteiger partial charge in [-0.3, -0.25) is 4.79 Å². The Morgan fingerprint density at radius 3 is 2.52 bits per heavy atom. The van der Waals surface area contributed by atoms with Crippen LogP contribution in [0.4, 0.5) is 5.69 Å². The number of nitrogens with one attached hydrogen (secondary N) is 1. The number of benzene rings is 2. The first-order chi connectivity index (χ1) is 12.1. The summed E-state index contributed by atoms with van der Waals surface area (Å²) in [5, 5.41) is 3.41. The Bertz CT molecular complexity index is 699. The average molecular weight is 337 g/mol. The molecule has 1 unspecified atom stereocenters. The molecule has 1 heterocycles. The number of anilines is 1. The quantitative estimate of drug-likeness (QED) is 0.879. The number of para-hydroxylation sites is 1. The minimum absolute atomic E-state index is 0.0525. The summed E-state index contributed by atoms with van der Waals surface area (Å²) in [6, 6.07) is 18.4. The normalized spacial score (nSPS) is 16.2. The highest BCUT2D eigenvalue weighted by atomic mass is 16.2. The molecule has 1 atom stereocenters. The van der Waals surface area contributed by atoms with Crippen LogP contribution in [0.15, 0.2) is 54.6 Å². The lowest BCUT2D eigenvalue weighted by Crippen LogP contribution is -2.40. The molecule has 0 aromatic heterocycles. The van der Waals surface area contributed by atoms with Crippen molar-refractivity contribution in [1.82, 2.24) is 9.80 Å². The summed E-state index contributed by atoms with van der Waals surface area (Å²) < 4.78 is 0. The maximum atomic E-state index is 13.4. The number of rotatable bonds is 6. The van der Waals surface area contributed by atoms with Crippen LogP contribution in [0.1, 0.15) is 23.5 Å². The van der Waals surface area contributed by atoms with Crippen LogP contribution in [-0.2, 0) is 11.3 Å². The number of likely N-dealkylation sites (N-methyl/N-ethyl adjacent to an activating group) is 1. The second kappa shape index (κ2) is 8.17. The van der Waals surface area contributed by atoms with Crippen molar-refractivity contribution in [2.24, 2.45) is 0 Å².